The summed E-state index contributed by atoms with van der Waals surface area (Å²) in [5, 5.41) is 8.00. The second-order valence-corrected chi connectivity index (χ2v) is 11.0. The first-order chi connectivity index (χ1) is 20.7. The van der Waals surface area contributed by atoms with Crippen LogP contribution in [-0.2, 0) is 36.6 Å². The minimum absolute atomic E-state index is 0.204. The summed E-state index contributed by atoms with van der Waals surface area (Å²) in [6.45, 7) is 1.39. The number of ether oxygens (including phenoxy) is 3. The molecule has 1 saturated heterocycles. The van der Waals surface area contributed by atoms with Gasteiger partial charge in [-0.15, -0.1) is 0 Å². The number of benzene rings is 4. The molecule has 2 atom stereocenters. The first kappa shape index (κ1) is 29.7. The molecule has 0 aliphatic carbocycles. The molecule has 1 aliphatic rings. The van der Waals surface area contributed by atoms with Crippen molar-refractivity contribution in [3.63, 3.8) is 0 Å². The fourth-order valence-electron chi connectivity index (χ4n) is 5.53. The zero-order valence-electron chi connectivity index (χ0n) is 24.3. The average molecular weight is 568 g/mol. The second kappa shape index (κ2) is 15.5. The normalized spacial score (nSPS) is 15.9. The number of carbonyl (C=O) groups is 2. The molecule has 1 N–H and O–H groups in total. The van der Waals surface area contributed by atoms with Gasteiger partial charge in [0.05, 0.1) is 6.61 Å². The molecular weight excluding hydrogens is 526 g/mol. The third-order valence-corrected chi connectivity index (χ3v) is 7.87. The van der Waals surface area contributed by atoms with E-state index in [0.29, 0.717) is 13.2 Å². The van der Waals surface area contributed by atoms with Gasteiger partial charge in [0.25, 0.3) is 5.91 Å². The average Bonchev–Trinajstić information content (AvgIpc) is 3.02. The van der Waals surface area contributed by atoms with Crippen LogP contribution < -0.4 is 5.32 Å². The lowest BCUT2D eigenvalue weighted by atomic mass is 10.0. The molecule has 0 saturated carbocycles. The maximum absolute atomic E-state index is 13.1. The number of aryl methyl sites for hydroxylation is 2. The monoisotopic (exact) mass is 567 g/mol. The topological polar surface area (TPSA) is 73.9 Å². The summed E-state index contributed by atoms with van der Waals surface area (Å²) in [4.78, 5) is 25.4. The van der Waals surface area contributed by atoms with Gasteiger partial charge in [-0.1, -0.05) is 97.8 Å². The van der Waals surface area contributed by atoms with E-state index in [0.717, 1.165) is 51.4 Å². The fraction of sp³-hybridized carbons (Fsp3) is 0.389. The third-order valence-electron chi connectivity index (χ3n) is 7.87. The van der Waals surface area contributed by atoms with Crippen LogP contribution >= 0.6 is 0 Å². The van der Waals surface area contributed by atoms with Crippen LogP contribution in [-0.4, -0.2) is 50.4 Å². The maximum Gasteiger partial charge on any atom is 0.338 e. The van der Waals surface area contributed by atoms with E-state index in [9.17, 15) is 9.59 Å². The summed E-state index contributed by atoms with van der Waals surface area (Å²) in [6.07, 6.45) is 5.67. The van der Waals surface area contributed by atoms with Gasteiger partial charge in [0.1, 0.15) is 6.61 Å². The quantitative estimate of drug-likeness (QED) is 0.130. The Balaban J connectivity index is 1.02. The van der Waals surface area contributed by atoms with Crippen LogP contribution in [0.2, 0.25) is 0 Å². The first-order valence-corrected chi connectivity index (χ1v) is 15.3. The van der Waals surface area contributed by atoms with Crippen molar-refractivity contribution in [1.29, 1.82) is 0 Å². The number of cyclic esters (lactones) is 1. The van der Waals surface area contributed by atoms with E-state index in [1.807, 2.05) is 0 Å². The molecule has 1 aliphatic heterocycles. The smallest absolute Gasteiger partial charge is 0.338 e. The standard InChI is InChI=1S/C36H41NO5/c38-35(37-21-9-1-3-11-27-17-19-29-13-5-7-15-31(29)25-27)33(34-36(39)42-24-23-41-34)40-22-10-2-4-12-28-18-20-30-14-6-8-16-32(30)26-28/h5-8,13-20,25-26,33-34H,1-4,9-12,21-24H2,(H,37,38)/t33?,34-/m1/s1. The van der Waals surface area contributed by atoms with Crippen LogP contribution in [0, 0.1) is 0 Å². The van der Waals surface area contributed by atoms with Gasteiger partial charge in [-0.25, -0.2) is 4.79 Å². The van der Waals surface area contributed by atoms with Crippen molar-refractivity contribution >= 4 is 33.4 Å². The SMILES string of the molecule is O=C(NCCCCCc1ccc2ccccc2c1)C(OCCCCCc1ccc2ccccc2c1)[C@H]1OCCOC1=O. The Morgan fingerprint density at radius 1 is 0.738 bits per heavy atom. The van der Waals surface area contributed by atoms with Gasteiger partial charge < -0.3 is 19.5 Å². The highest BCUT2D eigenvalue weighted by Gasteiger charge is 2.38. The summed E-state index contributed by atoms with van der Waals surface area (Å²) in [5.41, 5.74) is 2.65. The molecule has 0 spiro atoms. The largest absolute Gasteiger partial charge is 0.461 e. The summed E-state index contributed by atoms with van der Waals surface area (Å²) < 4.78 is 16.7. The Kier molecular flexibility index (Phi) is 11.0. The lowest BCUT2D eigenvalue weighted by Gasteiger charge is -2.28. The van der Waals surface area contributed by atoms with Gasteiger partial charge in [0, 0.05) is 13.2 Å². The molecule has 1 amide bonds. The van der Waals surface area contributed by atoms with Crippen LogP contribution in [0.1, 0.15) is 49.7 Å². The van der Waals surface area contributed by atoms with Crippen LogP contribution in [0.5, 0.6) is 0 Å². The second-order valence-electron chi connectivity index (χ2n) is 11.0. The van der Waals surface area contributed by atoms with Gasteiger partial charge in [-0.05, 0) is 71.2 Å². The molecule has 42 heavy (non-hydrogen) atoms. The van der Waals surface area contributed by atoms with Gasteiger partial charge in [-0.2, -0.15) is 0 Å². The van der Waals surface area contributed by atoms with Crippen molar-refractivity contribution in [3.8, 4) is 0 Å². The maximum atomic E-state index is 13.1. The van der Waals surface area contributed by atoms with Gasteiger partial charge >= 0.3 is 5.97 Å². The molecule has 1 unspecified atom stereocenters. The zero-order chi connectivity index (χ0) is 29.0. The number of nitrogens with one attached hydrogen (secondary N) is 1. The highest BCUT2D eigenvalue weighted by atomic mass is 16.6. The molecule has 4 aromatic carbocycles. The Hall–Kier alpha value is -3.74. The van der Waals surface area contributed by atoms with Gasteiger partial charge in [0.2, 0.25) is 0 Å². The molecule has 1 heterocycles. The Morgan fingerprint density at radius 2 is 1.33 bits per heavy atom. The number of hydrogen-bond donors (Lipinski definition) is 1. The van der Waals surface area contributed by atoms with Crippen LogP contribution in [0.4, 0.5) is 0 Å². The summed E-state index contributed by atoms with van der Waals surface area (Å²) in [7, 11) is 0. The zero-order valence-corrected chi connectivity index (χ0v) is 24.3. The lowest BCUT2D eigenvalue weighted by Crippen LogP contribution is -2.51. The molecule has 0 aromatic heterocycles. The number of carbonyl (C=O) groups excluding carboxylic acids is 2. The van der Waals surface area contributed by atoms with Crippen LogP contribution in [0.15, 0.2) is 84.9 Å². The van der Waals surface area contributed by atoms with E-state index < -0.39 is 18.2 Å². The molecule has 220 valence electrons. The highest BCUT2D eigenvalue weighted by Crippen LogP contribution is 2.19. The first-order valence-electron chi connectivity index (χ1n) is 15.3. The summed E-state index contributed by atoms with van der Waals surface area (Å²) in [6, 6.07) is 30.0. The summed E-state index contributed by atoms with van der Waals surface area (Å²) in [5.74, 6) is -0.849. The fourth-order valence-corrected chi connectivity index (χ4v) is 5.53. The number of rotatable bonds is 15. The number of hydrogen-bond acceptors (Lipinski definition) is 5. The highest BCUT2D eigenvalue weighted by molar-refractivity contribution is 5.89. The lowest BCUT2D eigenvalue weighted by molar-refractivity contribution is -0.188. The van der Waals surface area contributed by atoms with E-state index in [-0.39, 0.29) is 19.1 Å². The predicted molar refractivity (Wildman–Crippen MR) is 166 cm³/mol. The van der Waals surface area contributed by atoms with Crippen LogP contribution in [0.25, 0.3) is 21.5 Å². The van der Waals surface area contributed by atoms with Crippen molar-refractivity contribution in [3.05, 3.63) is 96.1 Å². The molecule has 6 heteroatoms. The van der Waals surface area contributed by atoms with E-state index in [4.69, 9.17) is 14.2 Å². The molecule has 0 radical (unpaired) electrons. The van der Waals surface area contributed by atoms with Gasteiger partial charge in [0.15, 0.2) is 12.2 Å². The summed E-state index contributed by atoms with van der Waals surface area (Å²) >= 11 is 0. The van der Waals surface area contributed by atoms with Crippen molar-refractivity contribution < 1.29 is 23.8 Å². The van der Waals surface area contributed by atoms with Crippen molar-refractivity contribution in [2.75, 3.05) is 26.4 Å². The van der Waals surface area contributed by atoms with E-state index in [2.05, 4.69) is 90.2 Å². The molecule has 4 aromatic rings. The number of fused-ring (bicyclic) bond motifs is 2. The minimum Gasteiger partial charge on any atom is -0.461 e. The van der Waals surface area contributed by atoms with E-state index in [1.165, 1.54) is 32.7 Å². The Labute approximate surface area is 248 Å². The third kappa shape index (κ3) is 8.40. The van der Waals surface area contributed by atoms with E-state index >= 15 is 0 Å². The van der Waals surface area contributed by atoms with Crippen molar-refractivity contribution in [1.82, 2.24) is 5.32 Å². The molecule has 5 rings (SSSR count). The Bertz CT molecular complexity index is 1470. The predicted octanol–water partition coefficient (Wildman–Crippen LogP) is 6.56. The number of esters is 1. The van der Waals surface area contributed by atoms with Crippen molar-refractivity contribution in [2.45, 2.75) is 63.6 Å². The van der Waals surface area contributed by atoms with Crippen LogP contribution in [0.3, 0.4) is 0 Å². The Morgan fingerprint density at radius 3 is 1.95 bits per heavy atom. The van der Waals surface area contributed by atoms with Gasteiger partial charge in [-0.3, -0.25) is 4.79 Å². The number of amides is 1. The molecule has 1 fully saturated rings. The van der Waals surface area contributed by atoms with E-state index in [1.54, 1.807) is 0 Å². The number of unbranched alkanes of at least 4 members (excludes halogenated alkanes) is 4. The molecular formula is C36H41NO5. The molecule has 0 bridgehead atoms. The minimum atomic E-state index is -1.02. The van der Waals surface area contributed by atoms with Crippen molar-refractivity contribution in [2.24, 2.45) is 0 Å². The molecule has 6 nitrogen and oxygen atoms in total.